The lowest BCUT2D eigenvalue weighted by Crippen LogP contribution is -2.36. The fourth-order valence-electron chi connectivity index (χ4n) is 2.84. The number of hydrogen-bond acceptors (Lipinski definition) is 5. The number of nitrogens with one attached hydrogen (secondary N) is 1. The zero-order chi connectivity index (χ0) is 21.0. The molecule has 0 atom stereocenters. The van der Waals surface area contributed by atoms with Crippen LogP contribution in [0.5, 0.6) is 0 Å². The molecule has 0 unspecified atom stereocenters. The molecule has 1 amide bonds. The molecule has 0 bridgehead atoms. The van der Waals surface area contributed by atoms with E-state index < -0.39 is 11.6 Å². The Morgan fingerprint density at radius 3 is 2.52 bits per heavy atom. The number of carbonyl (C=O) groups excluding carboxylic acids is 2. The largest absolute Gasteiger partial charge is 0.459 e. The number of esters is 1. The third kappa shape index (κ3) is 5.60. The number of hydrogen-bond donors (Lipinski definition) is 1. The van der Waals surface area contributed by atoms with Crippen molar-refractivity contribution in [2.45, 2.75) is 37.3 Å². The van der Waals surface area contributed by atoms with Gasteiger partial charge in [0.25, 0.3) is 5.91 Å². The van der Waals surface area contributed by atoms with Gasteiger partial charge in [-0.15, -0.1) is 0 Å². The first kappa shape index (κ1) is 20.9. The van der Waals surface area contributed by atoms with Gasteiger partial charge < -0.3 is 14.6 Å². The average Bonchev–Trinajstić information content (AvgIpc) is 3.07. The summed E-state index contributed by atoms with van der Waals surface area (Å²) in [5.74, 6) is -0.0543. The van der Waals surface area contributed by atoms with Gasteiger partial charge in [0.15, 0.2) is 5.16 Å². The number of H-pyrrole nitrogens is 1. The molecule has 0 aliphatic heterocycles. The van der Waals surface area contributed by atoms with Gasteiger partial charge in [-0.3, -0.25) is 9.59 Å². The number of imidazole rings is 1. The van der Waals surface area contributed by atoms with Crippen molar-refractivity contribution in [3.05, 3.63) is 59.7 Å². The Morgan fingerprint density at radius 1 is 1.10 bits per heavy atom. The van der Waals surface area contributed by atoms with Crippen molar-refractivity contribution >= 4 is 34.7 Å². The van der Waals surface area contributed by atoms with Crippen LogP contribution in [0.2, 0.25) is 0 Å². The van der Waals surface area contributed by atoms with Crippen LogP contribution < -0.4 is 0 Å². The molecule has 0 saturated carbocycles. The molecular formula is C22H25N3O3S. The smallest absolute Gasteiger partial charge is 0.326 e. The highest BCUT2D eigenvalue weighted by Crippen LogP contribution is 2.25. The zero-order valence-corrected chi connectivity index (χ0v) is 17.9. The maximum atomic E-state index is 12.9. The zero-order valence-electron chi connectivity index (χ0n) is 17.1. The Morgan fingerprint density at radius 2 is 1.79 bits per heavy atom. The molecule has 3 rings (SSSR count). The molecule has 0 aliphatic carbocycles. The molecule has 0 spiro atoms. The maximum absolute atomic E-state index is 12.9. The minimum Gasteiger partial charge on any atom is -0.459 e. The summed E-state index contributed by atoms with van der Waals surface area (Å²) in [5.41, 5.74) is 2.77. The highest BCUT2D eigenvalue weighted by molar-refractivity contribution is 7.98. The number of carbonyl (C=O) groups is 2. The predicted molar refractivity (Wildman–Crippen MR) is 115 cm³/mol. The van der Waals surface area contributed by atoms with E-state index in [0.717, 1.165) is 21.8 Å². The van der Waals surface area contributed by atoms with Crippen LogP contribution in [0.4, 0.5) is 0 Å². The van der Waals surface area contributed by atoms with Crippen LogP contribution in [0.15, 0.2) is 53.7 Å². The van der Waals surface area contributed by atoms with Crippen LogP contribution in [-0.2, 0) is 15.3 Å². The van der Waals surface area contributed by atoms with E-state index in [-0.39, 0.29) is 12.5 Å². The Labute approximate surface area is 174 Å². The molecular weight excluding hydrogens is 386 g/mol. The van der Waals surface area contributed by atoms with E-state index >= 15 is 0 Å². The number of aromatic amines is 1. The molecule has 7 heteroatoms. The lowest BCUT2D eigenvalue weighted by Gasteiger charge is -2.23. The molecule has 152 valence electrons. The van der Waals surface area contributed by atoms with Crippen molar-refractivity contribution < 1.29 is 14.3 Å². The van der Waals surface area contributed by atoms with Gasteiger partial charge >= 0.3 is 5.97 Å². The van der Waals surface area contributed by atoms with E-state index in [1.807, 2.05) is 42.5 Å². The van der Waals surface area contributed by atoms with Gasteiger partial charge in [0.05, 0.1) is 11.0 Å². The Hall–Kier alpha value is -2.80. The summed E-state index contributed by atoms with van der Waals surface area (Å²) in [5, 5.41) is 0.801. The Kier molecular flexibility index (Phi) is 6.27. The fraction of sp³-hybridized carbons (Fsp3) is 0.318. The standard InChI is InChI=1S/C22H25N3O3S/c1-22(2,3)28-19(26)13-25(4)20(27)16-10-6-5-9-15(16)14-29-21-23-17-11-7-8-12-18(17)24-21/h5-12H,13-14H2,1-4H3,(H,23,24). The number of aromatic nitrogens is 2. The normalized spacial score (nSPS) is 11.4. The molecule has 2 aromatic carbocycles. The summed E-state index contributed by atoms with van der Waals surface area (Å²) in [6.45, 7) is 5.31. The number of likely N-dealkylation sites (N-methyl/N-ethyl adjacent to an activating group) is 1. The fourth-order valence-corrected chi connectivity index (χ4v) is 3.73. The molecule has 0 fully saturated rings. The topological polar surface area (TPSA) is 75.3 Å². The molecule has 1 N–H and O–H groups in total. The predicted octanol–water partition coefficient (Wildman–Crippen LogP) is 4.27. The van der Waals surface area contributed by atoms with E-state index in [0.29, 0.717) is 11.3 Å². The molecule has 0 radical (unpaired) electrons. The average molecular weight is 412 g/mol. The lowest BCUT2D eigenvalue weighted by atomic mass is 10.1. The summed E-state index contributed by atoms with van der Waals surface area (Å²) in [6, 6.07) is 15.3. The summed E-state index contributed by atoms with van der Waals surface area (Å²) < 4.78 is 5.31. The van der Waals surface area contributed by atoms with Gasteiger partial charge in [0.2, 0.25) is 0 Å². The van der Waals surface area contributed by atoms with Gasteiger partial charge in [-0.1, -0.05) is 42.1 Å². The van der Waals surface area contributed by atoms with E-state index in [2.05, 4.69) is 9.97 Å². The maximum Gasteiger partial charge on any atom is 0.326 e. The summed E-state index contributed by atoms with van der Waals surface area (Å²) in [6.07, 6.45) is 0. The van der Waals surface area contributed by atoms with Crippen LogP contribution in [0, 0.1) is 0 Å². The molecule has 1 heterocycles. The van der Waals surface area contributed by atoms with Gasteiger partial charge in [0, 0.05) is 18.4 Å². The molecule has 29 heavy (non-hydrogen) atoms. The van der Waals surface area contributed by atoms with Crippen molar-refractivity contribution in [1.82, 2.24) is 14.9 Å². The van der Waals surface area contributed by atoms with Crippen molar-refractivity contribution in [2.75, 3.05) is 13.6 Å². The van der Waals surface area contributed by atoms with Crippen molar-refractivity contribution in [3.63, 3.8) is 0 Å². The first-order valence-electron chi connectivity index (χ1n) is 9.36. The summed E-state index contributed by atoms with van der Waals surface area (Å²) in [7, 11) is 1.61. The molecule has 3 aromatic rings. The lowest BCUT2D eigenvalue weighted by molar-refractivity contribution is -0.155. The van der Waals surface area contributed by atoms with E-state index in [1.54, 1.807) is 33.9 Å². The Balaban J connectivity index is 1.69. The Bertz CT molecular complexity index is 990. The first-order valence-corrected chi connectivity index (χ1v) is 10.3. The number of amides is 1. The number of rotatable bonds is 6. The molecule has 6 nitrogen and oxygen atoms in total. The third-order valence-corrected chi connectivity index (χ3v) is 5.03. The summed E-state index contributed by atoms with van der Waals surface area (Å²) >= 11 is 1.54. The SMILES string of the molecule is CN(CC(=O)OC(C)(C)C)C(=O)c1ccccc1CSc1nc2ccccc2[nH]1. The number of thioether (sulfide) groups is 1. The van der Waals surface area contributed by atoms with Crippen LogP contribution in [-0.4, -0.2) is 45.9 Å². The quantitative estimate of drug-likeness (QED) is 0.484. The molecule has 1 aromatic heterocycles. The summed E-state index contributed by atoms with van der Waals surface area (Å²) in [4.78, 5) is 34.2. The molecule has 0 aliphatic rings. The van der Waals surface area contributed by atoms with Crippen molar-refractivity contribution in [3.8, 4) is 0 Å². The minimum atomic E-state index is -0.581. The van der Waals surface area contributed by atoms with Crippen molar-refractivity contribution in [2.24, 2.45) is 0 Å². The van der Waals surface area contributed by atoms with E-state index in [1.165, 1.54) is 16.7 Å². The van der Waals surface area contributed by atoms with Crippen molar-refractivity contribution in [1.29, 1.82) is 0 Å². The van der Waals surface area contributed by atoms with Crippen LogP contribution in [0.1, 0.15) is 36.7 Å². The molecule has 0 saturated heterocycles. The van der Waals surface area contributed by atoms with Gasteiger partial charge in [0.1, 0.15) is 12.1 Å². The number of para-hydroxylation sites is 2. The van der Waals surface area contributed by atoms with Gasteiger partial charge in [-0.05, 0) is 44.5 Å². The van der Waals surface area contributed by atoms with E-state index in [9.17, 15) is 9.59 Å². The number of ether oxygens (including phenoxy) is 1. The monoisotopic (exact) mass is 411 g/mol. The van der Waals surface area contributed by atoms with Gasteiger partial charge in [-0.25, -0.2) is 4.98 Å². The highest BCUT2D eigenvalue weighted by Gasteiger charge is 2.22. The van der Waals surface area contributed by atoms with E-state index in [4.69, 9.17) is 4.74 Å². The minimum absolute atomic E-state index is 0.0961. The first-order chi connectivity index (χ1) is 13.7. The van der Waals surface area contributed by atoms with Crippen LogP contribution in [0.25, 0.3) is 11.0 Å². The van der Waals surface area contributed by atoms with Gasteiger partial charge in [-0.2, -0.15) is 0 Å². The number of benzene rings is 2. The number of fused-ring (bicyclic) bond motifs is 1. The van der Waals surface area contributed by atoms with Crippen LogP contribution in [0.3, 0.4) is 0 Å². The number of nitrogens with zero attached hydrogens (tertiary/aromatic N) is 2. The van der Waals surface area contributed by atoms with Crippen LogP contribution >= 0.6 is 11.8 Å². The second kappa shape index (κ2) is 8.69. The second-order valence-electron chi connectivity index (χ2n) is 7.75. The highest BCUT2D eigenvalue weighted by atomic mass is 32.2. The third-order valence-electron chi connectivity index (χ3n) is 4.11. The second-order valence-corrected chi connectivity index (χ2v) is 8.72.